The van der Waals surface area contributed by atoms with Crippen molar-refractivity contribution in [3.63, 3.8) is 0 Å². The van der Waals surface area contributed by atoms with Crippen LogP contribution in [0.4, 0.5) is 5.82 Å². The molecule has 0 saturated carbocycles. The molecule has 0 aliphatic carbocycles. The van der Waals surface area contributed by atoms with Gasteiger partial charge in [-0.3, -0.25) is 4.79 Å². The molecule has 1 saturated heterocycles. The number of aryl methyl sites for hydroxylation is 1. The summed E-state index contributed by atoms with van der Waals surface area (Å²) in [5.41, 5.74) is 0.140. The zero-order chi connectivity index (χ0) is 12.3. The Bertz CT molecular complexity index is 434. The van der Waals surface area contributed by atoms with Crippen molar-refractivity contribution in [1.29, 1.82) is 0 Å². The Morgan fingerprint density at radius 2 is 2.47 bits per heavy atom. The van der Waals surface area contributed by atoms with Crippen LogP contribution in [0.25, 0.3) is 0 Å². The molecule has 1 atom stereocenters. The van der Waals surface area contributed by atoms with Crippen LogP contribution in [-0.2, 0) is 7.05 Å². The van der Waals surface area contributed by atoms with Crippen molar-refractivity contribution in [3.05, 3.63) is 22.7 Å². The summed E-state index contributed by atoms with van der Waals surface area (Å²) in [4.78, 5) is 15.9. The van der Waals surface area contributed by atoms with Gasteiger partial charge in [0.25, 0.3) is 5.56 Å². The number of piperidine rings is 1. The molecule has 1 fully saturated rings. The average molecular weight is 236 g/mol. The van der Waals surface area contributed by atoms with Crippen LogP contribution in [0.15, 0.2) is 17.2 Å². The fourth-order valence-corrected chi connectivity index (χ4v) is 2.19. The number of nitrogens with zero attached hydrogens (tertiary/aromatic N) is 2. The van der Waals surface area contributed by atoms with Gasteiger partial charge < -0.3 is 15.2 Å². The summed E-state index contributed by atoms with van der Waals surface area (Å²) in [7, 11) is 1.74. The summed E-state index contributed by atoms with van der Waals surface area (Å²) < 4.78 is 1.54. The molecule has 0 spiro atoms. The van der Waals surface area contributed by atoms with Crippen molar-refractivity contribution in [1.82, 2.24) is 14.9 Å². The van der Waals surface area contributed by atoms with Crippen molar-refractivity contribution >= 4 is 5.82 Å². The van der Waals surface area contributed by atoms with Crippen molar-refractivity contribution in [2.45, 2.75) is 19.8 Å². The number of rotatable bonds is 3. The Morgan fingerprint density at radius 3 is 3.18 bits per heavy atom. The van der Waals surface area contributed by atoms with Gasteiger partial charge in [-0.2, -0.15) is 0 Å². The highest BCUT2D eigenvalue weighted by molar-refractivity contribution is 5.31. The van der Waals surface area contributed by atoms with E-state index in [1.807, 2.05) is 0 Å². The van der Waals surface area contributed by atoms with E-state index in [9.17, 15) is 4.79 Å². The van der Waals surface area contributed by atoms with Crippen LogP contribution in [0.2, 0.25) is 0 Å². The summed E-state index contributed by atoms with van der Waals surface area (Å²) in [6.45, 7) is 5.11. The van der Waals surface area contributed by atoms with Crippen molar-refractivity contribution in [2.24, 2.45) is 12.5 Å². The summed E-state index contributed by atoms with van der Waals surface area (Å²) in [5, 5.41) is 6.57. The minimum absolute atomic E-state index is 0.0696. The predicted molar refractivity (Wildman–Crippen MR) is 68.2 cm³/mol. The van der Waals surface area contributed by atoms with Crippen LogP contribution in [0, 0.1) is 5.41 Å². The molecule has 0 amide bonds. The molecule has 5 nitrogen and oxygen atoms in total. The van der Waals surface area contributed by atoms with Gasteiger partial charge in [0.2, 0.25) is 0 Å². The third-order valence-corrected chi connectivity index (χ3v) is 3.39. The fraction of sp³-hybridized carbons (Fsp3) is 0.667. The van der Waals surface area contributed by atoms with Gasteiger partial charge in [0, 0.05) is 32.5 Å². The van der Waals surface area contributed by atoms with Crippen LogP contribution in [0.1, 0.15) is 19.8 Å². The Hall–Kier alpha value is -1.36. The molecule has 2 rings (SSSR count). The Labute approximate surface area is 101 Å². The van der Waals surface area contributed by atoms with Crippen LogP contribution in [0.3, 0.4) is 0 Å². The third-order valence-electron chi connectivity index (χ3n) is 3.39. The molecule has 0 bridgehead atoms. The third kappa shape index (κ3) is 2.85. The molecule has 2 heterocycles. The van der Waals surface area contributed by atoms with Crippen molar-refractivity contribution < 1.29 is 0 Å². The highest BCUT2D eigenvalue weighted by Crippen LogP contribution is 2.24. The van der Waals surface area contributed by atoms with Crippen molar-refractivity contribution in [2.75, 3.05) is 25.0 Å². The van der Waals surface area contributed by atoms with Gasteiger partial charge in [-0.15, -0.1) is 0 Å². The lowest BCUT2D eigenvalue weighted by Crippen LogP contribution is -2.43. The van der Waals surface area contributed by atoms with E-state index >= 15 is 0 Å². The summed E-state index contributed by atoms with van der Waals surface area (Å²) in [6, 6.07) is 0. The van der Waals surface area contributed by atoms with Crippen LogP contribution < -0.4 is 16.2 Å². The molecule has 94 valence electrons. The molecule has 0 aromatic carbocycles. The Balaban J connectivity index is 2.02. The maximum absolute atomic E-state index is 11.8. The SMILES string of the molecule is Cn1ccnc(NCC2(C)CCCNC2)c1=O. The second-order valence-corrected chi connectivity index (χ2v) is 5.14. The maximum Gasteiger partial charge on any atom is 0.293 e. The highest BCUT2D eigenvalue weighted by Gasteiger charge is 2.26. The van der Waals surface area contributed by atoms with Crippen LogP contribution >= 0.6 is 0 Å². The summed E-state index contributed by atoms with van der Waals surface area (Å²) in [5.74, 6) is 0.446. The van der Waals surface area contributed by atoms with E-state index in [1.165, 1.54) is 17.4 Å². The molecule has 1 aromatic heterocycles. The minimum Gasteiger partial charge on any atom is -0.365 e. The first-order valence-electron chi connectivity index (χ1n) is 6.07. The largest absolute Gasteiger partial charge is 0.365 e. The molecule has 2 N–H and O–H groups in total. The summed E-state index contributed by atoms with van der Waals surface area (Å²) >= 11 is 0. The van der Waals surface area contributed by atoms with Gasteiger partial charge in [0.1, 0.15) is 0 Å². The van der Waals surface area contributed by atoms with E-state index in [1.54, 1.807) is 19.4 Å². The molecular weight excluding hydrogens is 216 g/mol. The van der Waals surface area contributed by atoms with E-state index in [0.29, 0.717) is 5.82 Å². The lowest BCUT2D eigenvalue weighted by molar-refractivity contribution is 0.253. The lowest BCUT2D eigenvalue weighted by atomic mass is 9.83. The van der Waals surface area contributed by atoms with Crippen LogP contribution in [0.5, 0.6) is 0 Å². The van der Waals surface area contributed by atoms with Gasteiger partial charge in [-0.05, 0) is 24.8 Å². The van der Waals surface area contributed by atoms with Gasteiger partial charge in [0.15, 0.2) is 5.82 Å². The molecule has 1 aliphatic rings. The fourth-order valence-electron chi connectivity index (χ4n) is 2.19. The first-order valence-corrected chi connectivity index (χ1v) is 6.07. The van der Waals surface area contributed by atoms with E-state index < -0.39 is 0 Å². The smallest absolute Gasteiger partial charge is 0.293 e. The summed E-state index contributed by atoms with van der Waals surface area (Å²) in [6.07, 6.45) is 5.68. The molecule has 17 heavy (non-hydrogen) atoms. The van der Waals surface area contributed by atoms with Crippen LogP contribution in [-0.4, -0.2) is 29.2 Å². The van der Waals surface area contributed by atoms with Gasteiger partial charge in [-0.1, -0.05) is 6.92 Å². The number of aromatic nitrogens is 2. The predicted octanol–water partition coefficient (Wildman–Crippen LogP) is 0.582. The number of nitrogens with one attached hydrogen (secondary N) is 2. The standard InChI is InChI=1S/C12H20N4O/c1-12(4-3-5-13-8-12)9-15-10-11(17)16(2)7-6-14-10/h6-7,13H,3-5,8-9H2,1-2H3,(H,14,15). The van der Waals surface area contributed by atoms with E-state index in [2.05, 4.69) is 22.5 Å². The zero-order valence-corrected chi connectivity index (χ0v) is 10.5. The average Bonchev–Trinajstić information content (AvgIpc) is 2.32. The topological polar surface area (TPSA) is 59.0 Å². The first kappa shape index (κ1) is 12.1. The molecule has 1 aliphatic heterocycles. The lowest BCUT2D eigenvalue weighted by Gasteiger charge is -2.34. The maximum atomic E-state index is 11.8. The molecule has 1 aromatic rings. The first-order chi connectivity index (χ1) is 8.11. The van der Waals surface area contributed by atoms with Gasteiger partial charge in [0.05, 0.1) is 0 Å². The quantitative estimate of drug-likeness (QED) is 0.806. The molecule has 5 heteroatoms. The zero-order valence-electron chi connectivity index (χ0n) is 10.5. The monoisotopic (exact) mass is 236 g/mol. The van der Waals surface area contributed by atoms with Gasteiger partial charge in [-0.25, -0.2) is 4.98 Å². The number of hydrogen-bond acceptors (Lipinski definition) is 4. The van der Waals surface area contributed by atoms with E-state index in [0.717, 1.165) is 19.6 Å². The molecule has 1 unspecified atom stereocenters. The second-order valence-electron chi connectivity index (χ2n) is 5.14. The molecular formula is C12H20N4O. The van der Waals surface area contributed by atoms with E-state index in [4.69, 9.17) is 0 Å². The Morgan fingerprint density at radius 1 is 1.65 bits per heavy atom. The van der Waals surface area contributed by atoms with E-state index in [-0.39, 0.29) is 11.0 Å². The normalized spacial score (nSPS) is 24.6. The Kier molecular flexibility index (Phi) is 3.47. The number of anilines is 1. The highest BCUT2D eigenvalue weighted by atomic mass is 16.1. The molecule has 0 radical (unpaired) electrons. The minimum atomic E-state index is -0.0696. The van der Waals surface area contributed by atoms with Gasteiger partial charge >= 0.3 is 0 Å². The van der Waals surface area contributed by atoms with Crippen molar-refractivity contribution in [3.8, 4) is 0 Å². The second kappa shape index (κ2) is 4.87. The number of hydrogen-bond donors (Lipinski definition) is 2.